The fourth-order valence-electron chi connectivity index (χ4n) is 3.06. The van der Waals surface area contributed by atoms with Crippen LogP contribution in [0.3, 0.4) is 0 Å². The third-order valence-corrected chi connectivity index (χ3v) is 4.57. The van der Waals surface area contributed by atoms with Crippen molar-refractivity contribution in [2.75, 3.05) is 46.5 Å². The molecule has 0 bridgehead atoms. The number of hydrogen-bond acceptors (Lipinski definition) is 5. The lowest BCUT2D eigenvalue weighted by atomic mass is 10.2. The van der Waals surface area contributed by atoms with Crippen molar-refractivity contribution >= 4 is 11.8 Å². The van der Waals surface area contributed by atoms with E-state index in [1.165, 1.54) is 0 Å². The molecule has 1 atom stereocenters. The second kappa shape index (κ2) is 8.20. The molecule has 0 N–H and O–H groups in total. The van der Waals surface area contributed by atoms with E-state index in [1.807, 2.05) is 0 Å². The molecule has 2 saturated heterocycles. The van der Waals surface area contributed by atoms with E-state index in [1.54, 1.807) is 41.2 Å². The summed E-state index contributed by atoms with van der Waals surface area (Å²) < 4.78 is 16.1. The molecule has 0 saturated carbocycles. The van der Waals surface area contributed by atoms with Gasteiger partial charge in [-0.1, -0.05) is 0 Å². The van der Waals surface area contributed by atoms with Gasteiger partial charge in [-0.2, -0.15) is 0 Å². The zero-order chi connectivity index (χ0) is 17.6. The zero-order valence-corrected chi connectivity index (χ0v) is 14.5. The molecule has 7 nitrogen and oxygen atoms in total. The van der Waals surface area contributed by atoms with Gasteiger partial charge in [-0.3, -0.25) is 9.59 Å². The highest BCUT2D eigenvalue weighted by atomic mass is 16.5. The maximum Gasteiger partial charge on any atom is 0.260 e. The van der Waals surface area contributed by atoms with Gasteiger partial charge in [0.15, 0.2) is 6.61 Å². The third kappa shape index (κ3) is 4.42. The highest BCUT2D eigenvalue weighted by Gasteiger charge is 2.31. The second-order valence-corrected chi connectivity index (χ2v) is 6.17. The summed E-state index contributed by atoms with van der Waals surface area (Å²) in [6.07, 6.45) is 1.45. The number of benzene rings is 1. The largest absolute Gasteiger partial charge is 0.497 e. The van der Waals surface area contributed by atoms with Crippen LogP contribution in [0.25, 0.3) is 0 Å². The summed E-state index contributed by atoms with van der Waals surface area (Å²) in [5.41, 5.74) is 0. The Balaban J connectivity index is 1.42. The van der Waals surface area contributed by atoms with Gasteiger partial charge in [0.05, 0.1) is 7.11 Å². The molecule has 1 aromatic rings. The Kier molecular flexibility index (Phi) is 5.75. The molecule has 2 aliphatic rings. The number of methoxy groups -OCH3 is 1. The summed E-state index contributed by atoms with van der Waals surface area (Å²) >= 11 is 0. The normalized spacial score (nSPS) is 20.4. The monoisotopic (exact) mass is 348 g/mol. The van der Waals surface area contributed by atoms with Crippen LogP contribution >= 0.6 is 0 Å². The first kappa shape index (κ1) is 17.5. The van der Waals surface area contributed by atoms with Crippen LogP contribution in [0.4, 0.5) is 0 Å². The highest BCUT2D eigenvalue weighted by molar-refractivity contribution is 5.82. The molecule has 25 heavy (non-hydrogen) atoms. The molecule has 1 unspecified atom stereocenters. The molecule has 3 rings (SSSR count). The Morgan fingerprint density at radius 2 is 1.72 bits per heavy atom. The molecular weight excluding hydrogens is 324 g/mol. The number of nitrogens with zero attached hydrogens (tertiary/aromatic N) is 2. The minimum Gasteiger partial charge on any atom is -0.497 e. The lowest BCUT2D eigenvalue weighted by Gasteiger charge is -2.35. The van der Waals surface area contributed by atoms with Gasteiger partial charge in [0.2, 0.25) is 0 Å². The number of carbonyl (C=O) groups is 2. The van der Waals surface area contributed by atoms with E-state index < -0.39 is 0 Å². The first-order chi connectivity index (χ1) is 12.2. The average Bonchev–Trinajstić information content (AvgIpc) is 3.21. The van der Waals surface area contributed by atoms with Crippen molar-refractivity contribution in [1.29, 1.82) is 0 Å². The van der Waals surface area contributed by atoms with E-state index in [-0.39, 0.29) is 24.5 Å². The third-order valence-electron chi connectivity index (χ3n) is 4.57. The fourth-order valence-corrected chi connectivity index (χ4v) is 3.06. The van der Waals surface area contributed by atoms with Crippen LogP contribution < -0.4 is 9.47 Å². The number of rotatable bonds is 5. The fraction of sp³-hybridized carbons (Fsp3) is 0.556. The zero-order valence-electron chi connectivity index (χ0n) is 14.5. The Labute approximate surface area is 147 Å². The van der Waals surface area contributed by atoms with Crippen LogP contribution in [0, 0.1) is 0 Å². The van der Waals surface area contributed by atoms with Crippen LogP contribution in [0.15, 0.2) is 24.3 Å². The van der Waals surface area contributed by atoms with Gasteiger partial charge >= 0.3 is 0 Å². The Hall–Kier alpha value is -2.28. The molecule has 2 heterocycles. The number of amides is 2. The Morgan fingerprint density at radius 3 is 2.32 bits per heavy atom. The standard InChI is InChI=1S/C18H24N2O5/c1-23-14-4-6-15(7-5-14)25-13-17(21)19-8-10-20(11-9-19)18(22)16-3-2-12-24-16/h4-7,16H,2-3,8-13H2,1H3. The summed E-state index contributed by atoms with van der Waals surface area (Å²) in [5.74, 6) is 1.35. The predicted molar refractivity (Wildman–Crippen MR) is 90.6 cm³/mol. The molecule has 0 spiro atoms. The summed E-state index contributed by atoms with van der Waals surface area (Å²) in [6, 6.07) is 7.11. The molecule has 7 heteroatoms. The van der Waals surface area contributed by atoms with Gasteiger partial charge in [-0.05, 0) is 37.1 Å². The Bertz CT molecular complexity index is 590. The van der Waals surface area contributed by atoms with Crippen molar-refractivity contribution in [3.05, 3.63) is 24.3 Å². The van der Waals surface area contributed by atoms with Crippen molar-refractivity contribution < 1.29 is 23.8 Å². The molecule has 1 aromatic carbocycles. The van der Waals surface area contributed by atoms with Crippen LogP contribution in [-0.4, -0.2) is 74.2 Å². The average molecular weight is 348 g/mol. The summed E-state index contributed by atoms with van der Waals surface area (Å²) in [5, 5.41) is 0. The first-order valence-corrected chi connectivity index (χ1v) is 8.62. The minimum absolute atomic E-state index is 0.00793. The molecule has 2 aliphatic heterocycles. The maximum absolute atomic E-state index is 12.3. The van der Waals surface area contributed by atoms with Gasteiger partial charge < -0.3 is 24.0 Å². The van der Waals surface area contributed by atoms with Crippen LogP contribution in [0.1, 0.15) is 12.8 Å². The van der Waals surface area contributed by atoms with Gasteiger partial charge in [0.25, 0.3) is 11.8 Å². The lowest BCUT2D eigenvalue weighted by Crippen LogP contribution is -2.53. The smallest absolute Gasteiger partial charge is 0.260 e. The molecule has 0 radical (unpaired) electrons. The first-order valence-electron chi connectivity index (χ1n) is 8.62. The van der Waals surface area contributed by atoms with Gasteiger partial charge in [-0.15, -0.1) is 0 Å². The van der Waals surface area contributed by atoms with E-state index in [2.05, 4.69) is 0 Å². The second-order valence-electron chi connectivity index (χ2n) is 6.17. The van der Waals surface area contributed by atoms with Crippen molar-refractivity contribution in [3.63, 3.8) is 0 Å². The SMILES string of the molecule is COc1ccc(OCC(=O)N2CCN(C(=O)C3CCCO3)CC2)cc1. The van der Waals surface area contributed by atoms with Gasteiger partial charge in [0.1, 0.15) is 17.6 Å². The quantitative estimate of drug-likeness (QED) is 0.792. The number of carbonyl (C=O) groups excluding carboxylic acids is 2. The topological polar surface area (TPSA) is 68.3 Å². The lowest BCUT2D eigenvalue weighted by molar-refractivity contribution is -0.146. The highest BCUT2D eigenvalue weighted by Crippen LogP contribution is 2.18. The molecular formula is C18H24N2O5. The van der Waals surface area contributed by atoms with E-state index in [9.17, 15) is 9.59 Å². The summed E-state index contributed by atoms with van der Waals surface area (Å²) in [6.45, 7) is 2.82. The number of hydrogen-bond donors (Lipinski definition) is 0. The molecule has 2 fully saturated rings. The number of piperazine rings is 1. The Morgan fingerprint density at radius 1 is 1.08 bits per heavy atom. The number of ether oxygens (including phenoxy) is 3. The van der Waals surface area contributed by atoms with Gasteiger partial charge in [-0.25, -0.2) is 0 Å². The van der Waals surface area contributed by atoms with E-state index >= 15 is 0 Å². The van der Waals surface area contributed by atoms with Crippen molar-refractivity contribution in [2.45, 2.75) is 18.9 Å². The van der Waals surface area contributed by atoms with Crippen molar-refractivity contribution in [3.8, 4) is 11.5 Å². The summed E-state index contributed by atoms with van der Waals surface area (Å²) in [4.78, 5) is 28.1. The molecule has 136 valence electrons. The van der Waals surface area contributed by atoms with Gasteiger partial charge in [0, 0.05) is 32.8 Å². The van der Waals surface area contributed by atoms with Crippen molar-refractivity contribution in [1.82, 2.24) is 9.80 Å². The molecule has 0 aromatic heterocycles. The minimum atomic E-state index is -0.291. The molecule has 0 aliphatic carbocycles. The predicted octanol–water partition coefficient (Wildman–Crippen LogP) is 0.924. The van der Waals surface area contributed by atoms with Crippen LogP contribution in [0.2, 0.25) is 0 Å². The van der Waals surface area contributed by atoms with E-state index in [0.717, 1.165) is 18.6 Å². The maximum atomic E-state index is 12.3. The molecule has 2 amide bonds. The van der Waals surface area contributed by atoms with E-state index in [4.69, 9.17) is 14.2 Å². The van der Waals surface area contributed by atoms with E-state index in [0.29, 0.717) is 38.5 Å². The van der Waals surface area contributed by atoms with Crippen LogP contribution in [0.5, 0.6) is 11.5 Å². The van der Waals surface area contributed by atoms with Crippen LogP contribution in [-0.2, 0) is 14.3 Å². The van der Waals surface area contributed by atoms with Crippen molar-refractivity contribution in [2.24, 2.45) is 0 Å². The summed E-state index contributed by atoms with van der Waals surface area (Å²) in [7, 11) is 1.60.